The van der Waals surface area contributed by atoms with Gasteiger partial charge in [0, 0.05) is 27.1 Å². The van der Waals surface area contributed by atoms with Gasteiger partial charge in [0.05, 0.1) is 22.5 Å². The highest BCUT2D eigenvalue weighted by molar-refractivity contribution is 7.14. The van der Waals surface area contributed by atoms with Gasteiger partial charge in [0.15, 0.2) is 0 Å². The van der Waals surface area contributed by atoms with E-state index >= 15 is 0 Å². The lowest BCUT2D eigenvalue weighted by Crippen LogP contribution is -2.02. The van der Waals surface area contributed by atoms with Crippen LogP contribution in [0.25, 0.3) is 43.8 Å². The Kier molecular flexibility index (Phi) is 5.09. The van der Waals surface area contributed by atoms with Gasteiger partial charge in [-0.2, -0.15) is 5.10 Å². The number of hydrogen-bond donors (Lipinski definition) is 1. The molecule has 164 valence electrons. The third-order valence-electron chi connectivity index (χ3n) is 5.68. The topological polar surface area (TPSA) is 67.5 Å². The van der Waals surface area contributed by atoms with Crippen LogP contribution in [-0.2, 0) is 0 Å². The lowest BCUT2D eigenvalue weighted by atomic mass is 9.97. The zero-order valence-corrected chi connectivity index (χ0v) is 19.2. The van der Waals surface area contributed by atoms with Crippen LogP contribution in [0.1, 0.15) is 5.56 Å². The van der Waals surface area contributed by atoms with Crippen molar-refractivity contribution < 1.29 is 4.42 Å². The average molecular weight is 482 g/mol. The number of nitrogens with one attached hydrogen (secondary N) is 1. The van der Waals surface area contributed by atoms with Crippen molar-refractivity contribution in [2.24, 2.45) is 5.10 Å². The molecule has 34 heavy (non-hydrogen) atoms. The number of aromatic nitrogens is 1. The van der Waals surface area contributed by atoms with E-state index in [0.29, 0.717) is 22.0 Å². The van der Waals surface area contributed by atoms with Crippen molar-refractivity contribution >= 4 is 66.8 Å². The van der Waals surface area contributed by atoms with Crippen LogP contribution < -0.4 is 11.1 Å². The van der Waals surface area contributed by atoms with Crippen LogP contribution >= 0.6 is 22.9 Å². The van der Waals surface area contributed by atoms with Crippen LogP contribution in [0.4, 0.5) is 5.13 Å². The second kappa shape index (κ2) is 8.41. The van der Waals surface area contributed by atoms with Crippen molar-refractivity contribution in [3.8, 4) is 11.3 Å². The van der Waals surface area contributed by atoms with Crippen LogP contribution in [-0.4, -0.2) is 11.2 Å². The molecule has 0 saturated heterocycles. The van der Waals surface area contributed by atoms with Gasteiger partial charge in [-0.1, -0.05) is 78.3 Å². The molecule has 0 bridgehead atoms. The quantitative estimate of drug-likeness (QED) is 0.124. The molecule has 5 nitrogen and oxygen atoms in total. The standard InChI is InChI=1S/C27H16ClN3O2S/c28-25-19-10-4-2-8-17(19)22(18-9-3-5-11-20(18)25)14-29-31-27-30-23(15-34-27)21-13-16-7-1-6-12-24(16)33-26(21)32/h1-15H,(H,30,31)/b29-14+. The van der Waals surface area contributed by atoms with Crippen molar-refractivity contribution in [1.29, 1.82) is 0 Å². The summed E-state index contributed by atoms with van der Waals surface area (Å²) in [6, 6.07) is 25.2. The van der Waals surface area contributed by atoms with Crippen LogP contribution in [0.15, 0.2) is 98.6 Å². The Morgan fingerprint density at radius 1 is 0.912 bits per heavy atom. The van der Waals surface area contributed by atoms with E-state index in [-0.39, 0.29) is 0 Å². The molecule has 6 aromatic rings. The molecule has 0 spiro atoms. The first-order chi connectivity index (χ1) is 16.7. The molecule has 2 heterocycles. The average Bonchev–Trinajstić information content (AvgIpc) is 3.34. The number of fused-ring (bicyclic) bond motifs is 3. The normalized spacial score (nSPS) is 11.7. The molecule has 0 aliphatic carbocycles. The van der Waals surface area contributed by atoms with Gasteiger partial charge in [-0.15, -0.1) is 11.3 Å². The Labute approximate surface area is 203 Å². The number of thiazole rings is 1. The number of hydrogen-bond acceptors (Lipinski definition) is 6. The fourth-order valence-electron chi connectivity index (χ4n) is 4.09. The van der Waals surface area contributed by atoms with Gasteiger partial charge in [0.2, 0.25) is 5.13 Å². The third-order valence-corrected chi connectivity index (χ3v) is 6.84. The van der Waals surface area contributed by atoms with Crippen molar-refractivity contribution in [3.05, 3.63) is 105 Å². The fraction of sp³-hybridized carbons (Fsp3) is 0. The Morgan fingerprint density at radius 2 is 1.56 bits per heavy atom. The van der Waals surface area contributed by atoms with Crippen molar-refractivity contribution in [1.82, 2.24) is 4.98 Å². The number of hydrazone groups is 1. The highest BCUT2D eigenvalue weighted by atomic mass is 35.5. The maximum Gasteiger partial charge on any atom is 0.345 e. The molecule has 4 aromatic carbocycles. The van der Waals surface area contributed by atoms with Gasteiger partial charge >= 0.3 is 5.63 Å². The molecule has 0 aliphatic rings. The fourth-order valence-corrected chi connectivity index (χ4v) is 5.08. The van der Waals surface area contributed by atoms with Gasteiger partial charge in [-0.3, -0.25) is 5.43 Å². The molecule has 0 amide bonds. The number of rotatable bonds is 4. The molecule has 0 saturated carbocycles. The van der Waals surface area contributed by atoms with Crippen molar-refractivity contribution in [2.75, 3.05) is 5.43 Å². The molecule has 6 rings (SSSR count). The lowest BCUT2D eigenvalue weighted by molar-refractivity contribution is 0.563. The monoisotopic (exact) mass is 481 g/mol. The van der Waals surface area contributed by atoms with Crippen molar-refractivity contribution in [2.45, 2.75) is 0 Å². The summed E-state index contributed by atoms with van der Waals surface area (Å²) in [7, 11) is 0. The summed E-state index contributed by atoms with van der Waals surface area (Å²) in [5, 5.41) is 12.4. The van der Waals surface area contributed by atoms with E-state index in [1.54, 1.807) is 18.3 Å². The maximum absolute atomic E-state index is 12.5. The zero-order valence-electron chi connectivity index (χ0n) is 17.7. The summed E-state index contributed by atoms with van der Waals surface area (Å²) in [5.41, 5.74) is 5.06. The molecule has 0 unspecified atom stereocenters. The van der Waals surface area contributed by atoms with Crippen molar-refractivity contribution in [3.63, 3.8) is 0 Å². The second-order valence-corrected chi connectivity index (χ2v) is 8.95. The van der Waals surface area contributed by atoms with Crippen LogP contribution in [0.2, 0.25) is 5.02 Å². The predicted octanol–water partition coefficient (Wildman–Crippen LogP) is 7.32. The van der Waals surface area contributed by atoms with Gasteiger partial charge < -0.3 is 4.42 Å². The van der Waals surface area contributed by atoms with Gasteiger partial charge in [0.1, 0.15) is 5.58 Å². The van der Waals surface area contributed by atoms with E-state index in [1.807, 2.05) is 72.1 Å². The van der Waals surface area contributed by atoms with Gasteiger partial charge in [0.25, 0.3) is 0 Å². The summed E-state index contributed by atoms with van der Waals surface area (Å²) in [5.74, 6) is 0. The SMILES string of the molecule is O=c1oc2ccccc2cc1-c1csc(N/N=C/c2c3ccccc3c(Cl)c3ccccc23)n1. The number of para-hydroxylation sites is 1. The minimum absolute atomic E-state index is 0.418. The summed E-state index contributed by atoms with van der Waals surface area (Å²) in [6.07, 6.45) is 1.78. The first kappa shape index (κ1) is 20.6. The van der Waals surface area contributed by atoms with E-state index < -0.39 is 5.63 Å². The van der Waals surface area contributed by atoms with Gasteiger partial charge in [-0.05, 0) is 22.9 Å². The van der Waals surface area contributed by atoms with E-state index in [1.165, 1.54) is 11.3 Å². The first-order valence-corrected chi connectivity index (χ1v) is 11.8. The Bertz CT molecular complexity index is 1730. The van der Waals surface area contributed by atoms with E-state index in [2.05, 4.69) is 15.5 Å². The summed E-state index contributed by atoms with van der Waals surface area (Å²) < 4.78 is 5.44. The van der Waals surface area contributed by atoms with E-state index in [0.717, 1.165) is 37.5 Å². The van der Waals surface area contributed by atoms with Gasteiger partial charge in [-0.25, -0.2) is 9.78 Å². The molecule has 1 N–H and O–H groups in total. The Balaban J connectivity index is 1.35. The summed E-state index contributed by atoms with van der Waals surface area (Å²) in [4.78, 5) is 17.0. The molecule has 2 aromatic heterocycles. The number of anilines is 1. The Morgan fingerprint density at radius 3 is 2.29 bits per heavy atom. The number of nitrogens with zero attached hydrogens (tertiary/aromatic N) is 2. The maximum atomic E-state index is 12.5. The predicted molar refractivity (Wildman–Crippen MR) is 141 cm³/mol. The molecule has 7 heteroatoms. The largest absolute Gasteiger partial charge is 0.422 e. The highest BCUT2D eigenvalue weighted by Crippen LogP contribution is 2.35. The van der Waals surface area contributed by atoms with Crippen LogP contribution in [0.3, 0.4) is 0 Å². The minimum Gasteiger partial charge on any atom is -0.422 e. The summed E-state index contributed by atoms with van der Waals surface area (Å²) >= 11 is 8.05. The second-order valence-electron chi connectivity index (χ2n) is 7.71. The summed E-state index contributed by atoms with van der Waals surface area (Å²) in [6.45, 7) is 0. The lowest BCUT2D eigenvalue weighted by Gasteiger charge is -2.10. The minimum atomic E-state index is -0.418. The molecule has 0 atom stereocenters. The molecule has 0 radical (unpaired) electrons. The Hall–Kier alpha value is -4.00. The molecule has 0 fully saturated rings. The number of halogens is 1. The molecular weight excluding hydrogens is 466 g/mol. The number of benzene rings is 4. The van der Waals surface area contributed by atoms with Crippen LogP contribution in [0.5, 0.6) is 0 Å². The van der Waals surface area contributed by atoms with E-state index in [4.69, 9.17) is 16.0 Å². The smallest absolute Gasteiger partial charge is 0.345 e. The highest BCUT2D eigenvalue weighted by Gasteiger charge is 2.13. The first-order valence-electron chi connectivity index (χ1n) is 10.6. The third kappa shape index (κ3) is 3.53. The van der Waals surface area contributed by atoms with E-state index in [9.17, 15) is 4.79 Å². The van der Waals surface area contributed by atoms with Crippen LogP contribution in [0, 0.1) is 0 Å². The molecule has 0 aliphatic heterocycles. The molecular formula is C27H16ClN3O2S. The zero-order chi connectivity index (χ0) is 23.1.